The molecule has 0 saturated heterocycles. The Hall–Kier alpha value is -3.02. The van der Waals surface area contributed by atoms with Gasteiger partial charge in [-0.25, -0.2) is 4.79 Å². The Bertz CT molecular complexity index is 701. The second-order valence-corrected chi connectivity index (χ2v) is 5.12. The highest BCUT2D eigenvalue weighted by Crippen LogP contribution is 2.17. The molecular weight excluding hydrogens is 308 g/mol. The molecule has 0 atom stereocenters. The number of esters is 1. The summed E-state index contributed by atoms with van der Waals surface area (Å²) in [6.45, 7) is 2.08. The van der Waals surface area contributed by atoms with Gasteiger partial charge in [0.1, 0.15) is 12.4 Å². The number of para-hydroxylation sites is 2. The number of carbonyl (C=O) groups is 2. The standard InChI is InChI=1S/C18H20N2O4/c1-13-6-5-9-15(17(13)19)18(22)24-12-16(21)20-10-11-23-14-7-3-2-4-8-14/h2-9H,10-12,19H2,1H3,(H,20,21). The van der Waals surface area contributed by atoms with E-state index in [1.807, 2.05) is 30.3 Å². The van der Waals surface area contributed by atoms with Crippen LogP contribution in [0.15, 0.2) is 48.5 Å². The van der Waals surface area contributed by atoms with Crippen molar-refractivity contribution in [3.05, 3.63) is 59.7 Å². The SMILES string of the molecule is Cc1cccc(C(=O)OCC(=O)NCCOc2ccccc2)c1N. The van der Waals surface area contributed by atoms with Gasteiger partial charge in [0, 0.05) is 5.69 Å². The van der Waals surface area contributed by atoms with E-state index in [4.69, 9.17) is 15.2 Å². The molecule has 2 rings (SSSR count). The summed E-state index contributed by atoms with van der Waals surface area (Å²) in [6.07, 6.45) is 0. The first kappa shape index (κ1) is 17.3. The molecule has 24 heavy (non-hydrogen) atoms. The molecule has 0 aliphatic heterocycles. The van der Waals surface area contributed by atoms with Gasteiger partial charge in [0.25, 0.3) is 5.91 Å². The molecular formula is C18H20N2O4. The van der Waals surface area contributed by atoms with Crippen molar-refractivity contribution in [3.8, 4) is 5.75 Å². The highest BCUT2D eigenvalue weighted by molar-refractivity contribution is 5.96. The van der Waals surface area contributed by atoms with Crippen LogP contribution in [0.2, 0.25) is 0 Å². The van der Waals surface area contributed by atoms with Gasteiger partial charge in [-0.3, -0.25) is 4.79 Å². The molecule has 0 unspecified atom stereocenters. The van der Waals surface area contributed by atoms with Gasteiger partial charge in [-0.05, 0) is 30.7 Å². The van der Waals surface area contributed by atoms with Crippen LogP contribution in [-0.2, 0) is 9.53 Å². The fourth-order valence-electron chi connectivity index (χ4n) is 1.99. The van der Waals surface area contributed by atoms with E-state index >= 15 is 0 Å². The van der Waals surface area contributed by atoms with Crippen molar-refractivity contribution in [2.75, 3.05) is 25.5 Å². The molecule has 6 nitrogen and oxygen atoms in total. The monoisotopic (exact) mass is 328 g/mol. The quantitative estimate of drug-likeness (QED) is 0.460. The molecule has 2 aromatic carbocycles. The summed E-state index contributed by atoms with van der Waals surface area (Å²) < 4.78 is 10.4. The van der Waals surface area contributed by atoms with Crippen molar-refractivity contribution >= 4 is 17.6 Å². The number of nitrogen functional groups attached to an aromatic ring is 1. The first-order valence-electron chi connectivity index (χ1n) is 7.54. The van der Waals surface area contributed by atoms with Crippen LogP contribution in [0.1, 0.15) is 15.9 Å². The molecule has 0 aliphatic carbocycles. The minimum absolute atomic E-state index is 0.259. The van der Waals surface area contributed by atoms with E-state index in [2.05, 4.69) is 5.32 Å². The van der Waals surface area contributed by atoms with E-state index in [9.17, 15) is 9.59 Å². The van der Waals surface area contributed by atoms with Crippen LogP contribution in [0.3, 0.4) is 0 Å². The summed E-state index contributed by atoms with van der Waals surface area (Å²) in [5.74, 6) is -0.286. The zero-order valence-corrected chi connectivity index (χ0v) is 13.5. The Morgan fingerprint density at radius 1 is 1.08 bits per heavy atom. The third kappa shape index (κ3) is 5.01. The van der Waals surface area contributed by atoms with Gasteiger partial charge < -0.3 is 20.5 Å². The Kier molecular flexibility index (Phi) is 6.19. The minimum atomic E-state index is -0.619. The molecule has 0 radical (unpaired) electrons. The van der Waals surface area contributed by atoms with Crippen molar-refractivity contribution in [1.29, 1.82) is 0 Å². The second-order valence-electron chi connectivity index (χ2n) is 5.12. The van der Waals surface area contributed by atoms with Crippen LogP contribution in [0.25, 0.3) is 0 Å². The van der Waals surface area contributed by atoms with Crippen LogP contribution < -0.4 is 15.8 Å². The van der Waals surface area contributed by atoms with Gasteiger partial charge in [0.05, 0.1) is 12.1 Å². The summed E-state index contributed by atoms with van der Waals surface area (Å²) in [6, 6.07) is 14.4. The number of benzene rings is 2. The highest BCUT2D eigenvalue weighted by atomic mass is 16.5. The third-order valence-corrected chi connectivity index (χ3v) is 3.31. The number of rotatable bonds is 7. The summed E-state index contributed by atoms with van der Waals surface area (Å²) >= 11 is 0. The van der Waals surface area contributed by atoms with Gasteiger partial charge in [0.2, 0.25) is 0 Å². The largest absolute Gasteiger partial charge is 0.492 e. The second kappa shape index (κ2) is 8.57. The molecule has 1 amide bonds. The number of ether oxygens (including phenoxy) is 2. The lowest BCUT2D eigenvalue weighted by atomic mass is 10.1. The number of nitrogens with two attached hydrogens (primary N) is 1. The Morgan fingerprint density at radius 2 is 1.83 bits per heavy atom. The summed E-state index contributed by atoms with van der Waals surface area (Å²) in [5, 5.41) is 2.61. The Balaban J connectivity index is 1.69. The number of aryl methyl sites for hydroxylation is 1. The number of hydrogen-bond donors (Lipinski definition) is 2. The summed E-state index contributed by atoms with van der Waals surface area (Å²) in [7, 11) is 0. The van der Waals surface area contributed by atoms with Crippen molar-refractivity contribution < 1.29 is 19.1 Å². The third-order valence-electron chi connectivity index (χ3n) is 3.31. The zero-order valence-electron chi connectivity index (χ0n) is 13.5. The van der Waals surface area contributed by atoms with Gasteiger partial charge in [0.15, 0.2) is 6.61 Å². The molecule has 0 aromatic heterocycles. The lowest BCUT2D eigenvalue weighted by molar-refractivity contribution is -0.124. The maximum Gasteiger partial charge on any atom is 0.340 e. The molecule has 0 spiro atoms. The van der Waals surface area contributed by atoms with Crippen LogP contribution in [0.5, 0.6) is 5.75 Å². The molecule has 0 heterocycles. The molecule has 0 saturated carbocycles. The van der Waals surface area contributed by atoms with Gasteiger partial charge >= 0.3 is 5.97 Å². The van der Waals surface area contributed by atoms with Crippen molar-refractivity contribution in [1.82, 2.24) is 5.32 Å². The number of amides is 1. The summed E-state index contributed by atoms with van der Waals surface area (Å²) in [4.78, 5) is 23.6. The van der Waals surface area contributed by atoms with Gasteiger partial charge in [-0.2, -0.15) is 0 Å². The van der Waals surface area contributed by atoms with Crippen LogP contribution in [0.4, 0.5) is 5.69 Å². The average molecular weight is 328 g/mol. The predicted molar refractivity (Wildman–Crippen MR) is 90.8 cm³/mol. The Morgan fingerprint density at radius 3 is 2.58 bits per heavy atom. The first-order chi connectivity index (χ1) is 11.6. The molecule has 0 bridgehead atoms. The minimum Gasteiger partial charge on any atom is -0.492 e. The molecule has 126 valence electrons. The molecule has 2 aromatic rings. The fraction of sp³-hybridized carbons (Fsp3) is 0.222. The zero-order chi connectivity index (χ0) is 17.4. The van der Waals surface area contributed by atoms with E-state index in [0.29, 0.717) is 18.8 Å². The lowest BCUT2D eigenvalue weighted by Gasteiger charge is -2.10. The number of hydrogen-bond acceptors (Lipinski definition) is 5. The molecule has 6 heteroatoms. The topological polar surface area (TPSA) is 90.7 Å². The molecule has 3 N–H and O–H groups in total. The Labute approximate surface area is 140 Å². The van der Waals surface area contributed by atoms with Crippen molar-refractivity contribution in [2.24, 2.45) is 0 Å². The van der Waals surface area contributed by atoms with Gasteiger partial charge in [-0.15, -0.1) is 0 Å². The van der Waals surface area contributed by atoms with E-state index in [0.717, 1.165) is 11.3 Å². The van der Waals surface area contributed by atoms with Crippen molar-refractivity contribution in [3.63, 3.8) is 0 Å². The van der Waals surface area contributed by atoms with E-state index in [-0.39, 0.29) is 12.2 Å². The highest BCUT2D eigenvalue weighted by Gasteiger charge is 2.13. The van der Waals surface area contributed by atoms with E-state index in [1.54, 1.807) is 25.1 Å². The van der Waals surface area contributed by atoms with Crippen LogP contribution in [0, 0.1) is 6.92 Å². The smallest absolute Gasteiger partial charge is 0.340 e. The average Bonchev–Trinajstić information content (AvgIpc) is 2.60. The normalized spacial score (nSPS) is 10.0. The predicted octanol–water partition coefficient (Wildman–Crippen LogP) is 1.93. The molecule has 0 fully saturated rings. The maximum absolute atomic E-state index is 11.9. The number of nitrogens with one attached hydrogen (secondary N) is 1. The van der Waals surface area contributed by atoms with Crippen LogP contribution in [-0.4, -0.2) is 31.6 Å². The van der Waals surface area contributed by atoms with E-state index < -0.39 is 11.9 Å². The van der Waals surface area contributed by atoms with E-state index in [1.165, 1.54) is 0 Å². The summed E-state index contributed by atoms with van der Waals surface area (Å²) in [5.41, 5.74) is 7.23. The van der Waals surface area contributed by atoms with Crippen molar-refractivity contribution in [2.45, 2.75) is 6.92 Å². The number of carbonyl (C=O) groups excluding carboxylic acids is 2. The fourth-order valence-corrected chi connectivity index (χ4v) is 1.99. The first-order valence-corrected chi connectivity index (χ1v) is 7.54. The number of anilines is 1. The molecule has 0 aliphatic rings. The lowest BCUT2D eigenvalue weighted by Crippen LogP contribution is -2.32. The maximum atomic E-state index is 11.9. The van der Waals surface area contributed by atoms with Crippen LogP contribution >= 0.6 is 0 Å². The van der Waals surface area contributed by atoms with Gasteiger partial charge in [-0.1, -0.05) is 30.3 Å².